The molecule has 1 amide bonds. The van der Waals surface area contributed by atoms with Crippen molar-refractivity contribution in [3.63, 3.8) is 0 Å². The number of hydrogen-bond donors (Lipinski definition) is 0. The summed E-state index contributed by atoms with van der Waals surface area (Å²) in [7, 11) is 0. The fourth-order valence-corrected chi connectivity index (χ4v) is 4.25. The number of hydrogen-bond acceptors (Lipinski definition) is 3. The summed E-state index contributed by atoms with van der Waals surface area (Å²) in [6.45, 7) is 4.06. The zero-order chi connectivity index (χ0) is 18.0. The number of halogens is 1. The van der Waals surface area contributed by atoms with E-state index in [0.717, 1.165) is 51.0 Å². The van der Waals surface area contributed by atoms with Gasteiger partial charge in [0.2, 0.25) is 5.91 Å². The molecule has 0 aliphatic carbocycles. The number of carbonyl (C=O) groups is 1. The van der Waals surface area contributed by atoms with E-state index in [1.54, 1.807) is 12.3 Å². The Kier molecular flexibility index (Phi) is 4.72. The van der Waals surface area contributed by atoms with Gasteiger partial charge in [0.1, 0.15) is 5.82 Å². The molecule has 136 valence electrons. The Hall–Kier alpha value is -2.27. The van der Waals surface area contributed by atoms with Gasteiger partial charge in [-0.25, -0.2) is 4.39 Å². The van der Waals surface area contributed by atoms with Crippen molar-refractivity contribution < 1.29 is 9.18 Å². The molecule has 2 aliphatic heterocycles. The highest BCUT2D eigenvalue weighted by Crippen LogP contribution is 2.42. The van der Waals surface area contributed by atoms with Gasteiger partial charge in [0.25, 0.3) is 0 Å². The summed E-state index contributed by atoms with van der Waals surface area (Å²) in [6.07, 6.45) is 6.43. The van der Waals surface area contributed by atoms with Crippen LogP contribution in [-0.4, -0.2) is 40.3 Å². The van der Waals surface area contributed by atoms with Crippen molar-refractivity contribution in [2.24, 2.45) is 5.41 Å². The number of benzene rings is 1. The number of amides is 1. The number of rotatable bonds is 4. The highest BCUT2D eigenvalue weighted by Gasteiger charge is 2.47. The minimum absolute atomic E-state index is 0.210. The second kappa shape index (κ2) is 7.16. The Balaban J connectivity index is 1.36. The summed E-state index contributed by atoms with van der Waals surface area (Å²) >= 11 is 0. The fraction of sp³-hybridized carbons (Fsp3) is 0.429. The van der Waals surface area contributed by atoms with Crippen molar-refractivity contribution in [3.8, 4) is 0 Å². The maximum Gasteiger partial charge on any atom is 0.229 e. The van der Waals surface area contributed by atoms with Crippen LogP contribution in [0.4, 0.5) is 4.39 Å². The van der Waals surface area contributed by atoms with Gasteiger partial charge < -0.3 is 4.90 Å². The predicted molar refractivity (Wildman–Crippen MR) is 97.6 cm³/mol. The Labute approximate surface area is 153 Å². The van der Waals surface area contributed by atoms with Crippen molar-refractivity contribution in [3.05, 3.63) is 65.7 Å². The van der Waals surface area contributed by atoms with Crippen molar-refractivity contribution in [2.45, 2.75) is 32.4 Å². The van der Waals surface area contributed by atoms with E-state index < -0.39 is 0 Å². The van der Waals surface area contributed by atoms with Crippen LogP contribution in [-0.2, 0) is 17.9 Å². The molecule has 4 nitrogen and oxygen atoms in total. The molecule has 2 aromatic rings. The Morgan fingerprint density at radius 3 is 2.50 bits per heavy atom. The van der Waals surface area contributed by atoms with Crippen molar-refractivity contribution in [1.82, 2.24) is 14.8 Å². The lowest BCUT2D eigenvalue weighted by atomic mass is 9.77. The number of pyridine rings is 1. The molecule has 5 heteroatoms. The van der Waals surface area contributed by atoms with E-state index in [4.69, 9.17) is 0 Å². The standard InChI is InChI=1S/C21H24FN3O/c22-19-5-1-3-17(13-19)16-25-12-8-21(20(25)26)6-10-24(11-7-21)15-18-4-2-9-23-14-18/h1-5,9,13-14H,6-8,10-12,15-16H2. The lowest BCUT2D eigenvalue weighted by Gasteiger charge is -2.38. The number of piperidine rings is 1. The predicted octanol–water partition coefficient (Wildman–Crippen LogP) is 3.24. The van der Waals surface area contributed by atoms with Crippen molar-refractivity contribution in [2.75, 3.05) is 19.6 Å². The Morgan fingerprint density at radius 1 is 1.00 bits per heavy atom. The molecule has 2 aliphatic rings. The van der Waals surface area contributed by atoms with E-state index in [1.165, 1.54) is 17.7 Å². The molecular weight excluding hydrogens is 329 g/mol. The number of aromatic nitrogens is 1. The fourth-order valence-electron chi connectivity index (χ4n) is 4.25. The van der Waals surface area contributed by atoms with Crippen molar-refractivity contribution >= 4 is 5.91 Å². The first-order valence-corrected chi connectivity index (χ1v) is 9.30. The van der Waals surface area contributed by atoms with Crippen LogP contribution in [0.25, 0.3) is 0 Å². The van der Waals surface area contributed by atoms with E-state index >= 15 is 0 Å². The van der Waals surface area contributed by atoms with Gasteiger partial charge in [-0.05, 0) is 61.7 Å². The smallest absolute Gasteiger partial charge is 0.229 e. The SMILES string of the molecule is O=C1N(Cc2cccc(F)c2)CCC12CCN(Cc1cccnc1)CC2. The van der Waals surface area contributed by atoms with Gasteiger partial charge in [0.15, 0.2) is 0 Å². The third kappa shape index (κ3) is 3.49. The normalized spacial score (nSPS) is 20.0. The Bertz CT molecular complexity index is 772. The molecule has 0 N–H and O–H groups in total. The van der Waals surface area contributed by atoms with Gasteiger partial charge in [0, 0.05) is 32.0 Å². The first kappa shape index (κ1) is 17.2. The second-order valence-electron chi connectivity index (χ2n) is 7.52. The monoisotopic (exact) mass is 353 g/mol. The molecule has 3 heterocycles. The summed E-state index contributed by atoms with van der Waals surface area (Å²) in [5, 5.41) is 0. The maximum atomic E-state index is 13.4. The number of likely N-dealkylation sites (tertiary alicyclic amines) is 2. The molecule has 2 saturated heterocycles. The Morgan fingerprint density at radius 2 is 1.77 bits per heavy atom. The van der Waals surface area contributed by atoms with Gasteiger partial charge in [-0.3, -0.25) is 14.7 Å². The molecule has 0 radical (unpaired) electrons. The molecule has 0 bridgehead atoms. The molecule has 0 saturated carbocycles. The van der Waals surface area contributed by atoms with Crippen LogP contribution in [0.5, 0.6) is 0 Å². The zero-order valence-electron chi connectivity index (χ0n) is 14.9. The highest BCUT2D eigenvalue weighted by molar-refractivity contribution is 5.85. The van der Waals surface area contributed by atoms with Crippen LogP contribution < -0.4 is 0 Å². The van der Waals surface area contributed by atoms with E-state index in [2.05, 4.69) is 16.0 Å². The molecule has 1 aromatic carbocycles. The van der Waals surface area contributed by atoms with Crippen LogP contribution in [0.15, 0.2) is 48.8 Å². The van der Waals surface area contributed by atoms with Gasteiger partial charge in [-0.2, -0.15) is 0 Å². The molecule has 1 spiro atoms. The van der Waals surface area contributed by atoms with Gasteiger partial charge >= 0.3 is 0 Å². The van der Waals surface area contributed by atoms with Gasteiger partial charge in [-0.15, -0.1) is 0 Å². The number of nitrogens with zero attached hydrogens (tertiary/aromatic N) is 3. The molecule has 1 aromatic heterocycles. The van der Waals surface area contributed by atoms with Crippen molar-refractivity contribution in [1.29, 1.82) is 0 Å². The number of carbonyl (C=O) groups excluding carboxylic acids is 1. The minimum atomic E-state index is -0.243. The maximum absolute atomic E-state index is 13.4. The minimum Gasteiger partial charge on any atom is -0.338 e. The average Bonchev–Trinajstić information content (AvgIpc) is 2.94. The third-order valence-corrected chi connectivity index (χ3v) is 5.81. The van der Waals surface area contributed by atoms with Crippen LogP contribution in [0.1, 0.15) is 30.4 Å². The molecule has 2 fully saturated rings. The molecule has 0 unspecified atom stereocenters. The average molecular weight is 353 g/mol. The zero-order valence-corrected chi connectivity index (χ0v) is 14.9. The third-order valence-electron chi connectivity index (χ3n) is 5.81. The lowest BCUT2D eigenvalue weighted by molar-refractivity contribution is -0.138. The van der Waals surface area contributed by atoms with Crippen LogP contribution in [0, 0.1) is 11.2 Å². The van der Waals surface area contributed by atoms with Gasteiger partial charge in [-0.1, -0.05) is 18.2 Å². The highest BCUT2D eigenvalue weighted by atomic mass is 19.1. The summed E-state index contributed by atoms with van der Waals surface area (Å²) in [6, 6.07) is 10.6. The van der Waals surface area contributed by atoms with E-state index in [-0.39, 0.29) is 17.1 Å². The summed E-state index contributed by atoms with van der Waals surface area (Å²) in [5.74, 6) is 0.00959. The second-order valence-corrected chi connectivity index (χ2v) is 7.52. The lowest BCUT2D eigenvalue weighted by Crippen LogP contribution is -2.44. The molecule has 4 rings (SSSR count). The molecule has 0 atom stereocenters. The first-order valence-electron chi connectivity index (χ1n) is 9.30. The summed E-state index contributed by atoms with van der Waals surface area (Å²) in [5.41, 5.74) is 1.87. The van der Waals surface area contributed by atoms with Crippen LogP contribution in [0.2, 0.25) is 0 Å². The van der Waals surface area contributed by atoms with Crippen LogP contribution >= 0.6 is 0 Å². The summed E-state index contributed by atoms with van der Waals surface area (Å²) < 4.78 is 13.4. The molecular formula is C21H24FN3O. The quantitative estimate of drug-likeness (QED) is 0.847. The van der Waals surface area contributed by atoms with E-state index in [9.17, 15) is 9.18 Å². The largest absolute Gasteiger partial charge is 0.338 e. The summed E-state index contributed by atoms with van der Waals surface area (Å²) in [4.78, 5) is 21.5. The van der Waals surface area contributed by atoms with Gasteiger partial charge in [0.05, 0.1) is 5.41 Å². The van der Waals surface area contributed by atoms with E-state index in [1.807, 2.05) is 23.2 Å². The molecule has 26 heavy (non-hydrogen) atoms. The topological polar surface area (TPSA) is 36.4 Å². The first-order chi connectivity index (χ1) is 12.6. The van der Waals surface area contributed by atoms with Crippen LogP contribution in [0.3, 0.4) is 0 Å². The van der Waals surface area contributed by atoms with E-state index in [0.29, 0.717) is 6.54 Å².